The van der Waals surface area contributed by atoms with Crippen molar-refractivity contribution in [1.29, 1.82) is 0 Å². The number of halogens is 3. The maximum absolute atomic E-state index is 12.8. The van der Waals surface area contributed by atoms with Gasteiger partial charge in [0.25, 0.3) is 0 Å². The Bertz CT molecular complexity index is 931. The Morgan fingerprint density at radius 3 is 2.69 bits per heavy atom. The zero-order chi connectivity index (χ0) is 20.8. The average Bonchev–Trinajstić information content (AvgIpc) is 3.09. The fourth-order valence-corrected chi connectivity index (χ4v) is 4.41. The molecule has 2 aromatic heterocycles. The molecule has 0 amide bonds. The molecule has 0 atom stereocenters. The van der Waals surface area contributed by atoms with E-state index in [0.717, 1.165) is 16.8 Å². The van der Waals surface area contributed by atoms with E-state index >= 15 is 0 Å². The Morgan fingerprint density at radius 1 is 1.34 bits per heavy atom. The molecule has 0 aromatic carbocycles. The Balaban J connectivity index is 1.78. The number of carbonyl (C=O) groups excluding carboxylic acids is 1. The third kappa shape index (κ3) is 3.37. The maximum atomic E-state index is 12.8. The molecule has 0 unspecified atom stereocenters. The first-order chi connectivity index (χ1) is 13.8. The molecular weight excluding hydrogens is 387 g/mol. The molecule has 1 spiro atoms. The summed E-state index contributed by atoms with van der Waals surface area (Å²) in [7, 11) is 1.33. The zero-order valence-electron chi connectivity index (χ0n) is 16.3. The van der Waals surface area contributed by atoms with Crippen molar-refractivity contribution in [2.45, 2.75) is 38.1 Å². The third-order valence-electron chi connectivity index (χ3n) is 5.71. The smallest absolute Gasteiger partial charge is 0.401 e. The molecule has 2 aliphatic heterocycles. The number of aromatic nitrogens is 2. The summed E-state index contributed by atoms with van der Waals surface area (Å²) in [5.74, 6) is 0.120. The van der Waals surface area contributed by atoms with Gasteiger partial charge in [-0.05, 0) is 19.1 Å². The number of hydrogen-bond donors (Lipinski definition) is 0. The first kappa shape index (κ1) is 19.8. The summed E-state index contributed by atoms with van der Waals surface area (Å²) < 4.78 is 51.6. The standard InChI is InChI=1S/C20H22F3N3O3/c1-3-26-15(18(27)28-2)10-14-17(26)13-4-7-24-11-16(13)29-19(14)5-8-25(9-6-19)12-20(21,22)23/h4,7,10-11H,3,5-6,8-9,12H2,1-2H3. The van der Waals surface area contributed by atoms with Crippen LogP contribution in [0.3, 0.4) is 0 Å². The maximum Gasteiger partial charge on any atom is 0.401 e. The summed E-state index contributed by atoms with van der Waals surface area (Å²) in [6.45, 7) is 2.04. The van der Waals surface area contributed by atoms with Gasteiger partial charge in [0.05, 0.1) is 25.5 Å². The molecule has 9 heteroatoms. The van der Waals surface area contributed by atoms with E-state index < -0.39 is 24.3 Å². The van der Waals surface area contributed by atoms with Crippen LogP contribution in [0, 0.1) is 0 Å². The lowest BCUT2D eigenvalue weighted by Gasteiger charge is -2.44. The number of likely N-dealkylation sites (tertiary alicyclic amines) is 1. The number of pyridine rings is 1. The number of hydrogen-bond acceptors (Lipinski definition) is 5. The van der Waals surface area contributed by atoms with Gasteiger partial charge in [-0.1, -0.05) is 0 Å². The molecular formula is C20H22F3N3O3. The Hall–Kier alpha value is -2.55. The van der Waals surface area contributed by atoms with Gasteiger partial charge >= 0.3 is 12.1 Å². The highest BCUT2D eigenvalue weighted by Crippen LogP contribution is 2.50. The highest BCUT2D eigenvalue weighted by atomic mass is 19.4. The van der Waals surface area contributed by atoms with E-state index in [4.69, 9.17) is 9.47 Å². The molecule has 4 rings (SSSR count). The van der Waals surface area contributed by atoms with Gasteiger partial charge in [-0.2, -0.15) is 13.2 Å². The van der Waals surface area contributed by atoms with Gasteiger partial charge in [0.2, 0.25) is 0 Å². The van der Waals surface area contributed by atoms with Crippen molar-refractivity contribution in [2.24, 2.45) is 0 Å². The number of methoxy groups -OCH3 is 1. The minimum atomic E-state index is -4.23. The number of fused-ring (bicyclic) bond motifs is 4. The van der Waals surface area contributed by atoms with Crippen LogP contribution in [0.1, 0.15) is 35.8 Å². The lowest BCUT2D eigenvalue weighted by molar-refractivity contribution is -0.153. The van der Waals surface area contributed by atoms with Gasteiger partial charge in [-0.3, -0.25) is 9.88 Å². The second-order valence-corrected chi connectivity index (χ2v) is 7.39. The van der Waals surface area contributed by atoms with Crippen LogP contribution in [0.25, 0.3) is 11.3 Å². The van der Waals surface area contributed by atoms with Gasteiger partial charge in [-0.15, -0.1) is 0 Å². The largest absolute Gasteiger partial charge is 0.480 e. The second kappa shape index (κ2) is 7.05. The van der Waals surface area contributed by atoms with E-state index in [1.165, 1.54) is 12.0 Å². The van der Waals surface area contributed by atoms with E-state index in [-0.39, 0.29) is 13.1 Å². The molecule has 29 heavy (non-hydrogen) atoms. The topological polar surface area (TPSA) is 56.6 Å². The number of esters is 1. The molecule has 2 aliphatic rings. The molecule has 0 N–H and O–H groups in total. The molecule has 1 saturated heterocycles. The summed E-state index contributed by atoms with van der Waals surface area (Å²) in [4.78, 5) is 17.9. The first-order valence-electron chi connectivity index (χ1n) is 9.53. The van der Waals surface area contributed by atoms with E-state index in [1.807, 2.05) is 17.6 Å². The fraction of sp³-hybridized carbons (Fsp3) is 0.500. The molecule has 0 radical (unpaired) electrons. The quantitative estimate of drug-likeness (QED) is 0.725. The van der Waals surface area contributed by atoms with Gasteiger partial charge < -0.3 is 14.0 Å². The van der Waals surface area contributed by atoms with Crippen LogP contribution in [0.5, 0.6) is 5.75 Å². The van der Waals surface area contributed by atoms with Crippen LogP contribution in [-0.2, 0) is 16.9 Å². The number of piperidine rings is 1. The number of carbonyl (C=O) groups is 1. The molecule has 156 valence electrons. The number of alkyl halides is 3. The third-order valence-corrected chi connectivity index (χ3v) is 5.71. The Morgan fingerprint density at radius 2 is 2.07 bits per heavy atom. The zero-order valence-corrected chi connectivity index (χ0v) is 16.3. The van der Waals surface area contributed by atoms with Crippen molar-refractivity contribution >= 4 is 5.97 Å². The van der Waals surface area contributed by atoms with Gasteiger partial charge in [0, 0.05) is 49.8 Å². The minimum Gasteiger partial charge on any atom is -0.480 e. The highest BCUT2D eigenvalue weighted by molar-refractivity contribution is 5.91. The summed E-state index contributed by atoms with van der Waals surface area (Å²) in [6.07, 6.45) is -0.186. The van der Waals surface area contributed by atoms with Gasteiger partial charge in [0.15, 0.2) is 0 Å². The summed E-state index contributed by atoms with van der Waals surface area (Å²) in [6, 6.07) is 3.60. The predicted octanol–water partition coefficient (Wildman–Crippen LogP) is 3.60. The van der Waals surface area contributed by atoms with E-state index in [9.17, 15) is 18.0 Å². The number of ether oxygens (including phenoxy) is 2. The van der Waals surface area contributed by atoms with E-state index in [0.29, 0.717) is 30.8 Å². The molecule has 0 bridgehead atoms. The molecule has 2 aromatic rings. The number of nitrogens with zero attached hydrogens (tertiary/aromatic N) is 3. The van der Waals surface area contributed by atoms with Crippen molar-refractivity contribution < 1.29 is 27.4 Å². The van der Waals surface area contributed by atoms with Crippen molar-refractivity contribution in [3.05, 3.63) is 35.8 Å². The van der Waals surface area contributed by atoms with Crippen LogP contribution in [0.15, 0.2) is 24.5 Å². The molecule has 0 aliphatic carbocycles. The Kier molecular flexibility index (Phi) is 4.80. The van der Waals surface area contributed by atoms with Crippen LogP contribution in [-0.4, -0.2) is 53.3 Å². The van der Waals surface area contributed by atoms with Gasteiger partial charge in [0.1, 0.15) is 17.0 Å². The minimum absolute atomic E-state index is 0.249. The fourth-order valence-electron chi connectivity index (χ4n) is 4.41. The normalized spacial score (nSPS) is 18.1. The summed E-state index contributed by atoms with van der Waals surface area (Å²) in [5, 5.41) is 0. The van der Waals surface area contributed by atoms with E-state index in [1.54, 1.807) is 18.5 Å². The lowest BCUT2D eigenvalue weighted by atomic mass is 9.81. The van der Waals surface area contributed by atoms with Crippen molar-refractivity contribution in [1.82, 2.24) is 14.5 Å². The SMILES string of the molecule is CCn1c(C(=O)OC)cc2c1-c1ccncc1OC21CCN(CC(F)(F)F)CC1. The van der Waals surface area contributed by atoms with Crippen LogP contribution < -0.4 is 4.74 Å². The summed E-state index contributed by atoms with van der Waals surface area (Å²) >= 11 is 0. The van der Waals surface area contributed by atoms with Crippen molar-refractivity contribution in [3.63, 3.8) is 0 Å². The van der Waals surface area contributed by atoms with Gasteiger partial charge in [-0.25, -0.2) is 4.79 Å². The Labute approximate surface area is 166 Å². The lowest BCUT2D eigenvalue weighted by Crippen LogP contribution is -2.49. The summed E-state index contributed by atoms with van der Waals surface area (Å²) in [5.41, 5.74) is 2.10. The first-order valence-corrected chi connectivity index (χ1v) is 9.53. The van der Waals surface area contributed by atoms with Crippen LogP contribution in [0.2, 0.25) is 0 Å². The molecule has 6 nitrogen and oxygen atoms in total. The molecule has 1 fully saturated rings. The monoisotopic (exact) mass is 409 g/mol. The number of rotatable bonds is 3. The average molecular weight is 409 g/mol. The predicted molar refractivity (Wildman–Crippen MR) is 98.7 cm³/mol. The molecule has 4 heterocycles. The highest BCUT2D eigenvalue weighted by Gasteiger charge is 2.47. The van der Waals surface area contributed by atoms with Crippen molar-refractivity contribution in [3.8, 4) is 17.0 Å². The van der Waals surface area contributed by atoms with Crippen LogP contribution in [0.4, 0.5) is 13.2 Å². The van der Waals surface area contributed by atoms with Crippen molar-refractivity contribution in [2.75, 3.05) is 26.7 Å². The van der Waals surface area contributed by atoms with E-state index in [2.05, 4.69) is 4.98 Å². The second-order valence-electron chi connectivity index (χ2n) is 7.39. The van der Waals surface area contributed by atoms with Crippen LogP contribution >= 0.6 is 0 Å². The molecule has 0 saturated carbocycles.